The van der Waals surface area contributed by atoms with Gasteiger partial charge in [0.15, 0.2) is 5.78 Å². The standard InChI is InChI=1S/C12H12N2O/c1-8-7-13-14-12(8)11-5-3-10(4-6-11)9(2)15/h3-7H,1-2H3,(H,13,14). The zero-order valence-corrected chi connectivity index (χ0v) is 8.74. The fraction of sp³-hybridized carbons (Fsp3) is 0.167. The van der Waals surface area contributed by atoms with Gasteiger partial charge in [0, 0.05) is 5.56 Å². The van der Waals surface area contributed by atoms with Crippen LogP contribution in [0, 0.1) is 6.92 Å². The predicted octanol–water partition coefficient (Wildman–Crippen LogP) is 2.59. The van der Waals surface area contributed by atoms with Gasteiger partial charge in [-0.15, -0.1) is 0 Å². The number of hydrogen-bond donors (Lipinski definition) is 1. The SMILES string of the molecule is CC(=O)c1ccc(-c2[nH]ncc2C)cc1. The third kappa shape index (κ3) is 1.81. The Labute approximate surface area is 88.1 Å². The summed E-state index contributed by atoms with van der Waals surface area (Å²) in [6, 6.07) is 7.52. The molecule has 0 radical (unpaired) electrons. The maximum Gasteiger partial charge on any atom is 0.159 e. The molecule has 0 saturated carbocycles. The molecule has 0 bridgehead atoms. The van der Waals surface area contributed by atoms with Crippen molar-refractivity contribution in [3.05, 3.63) is 41.6 Å². The van der Waals surface area contributed by atoms with Gasteiger partial charge in [-0.3, -0.25) is 9.89 Å². The largest absolute Gasteiger partial charge is 0.295 e. The third-order valence-electron chi connectivity index (χ3n) is 2.41. The molecule has 0 fully saturated rings. The van der Waals surface area contributed by atoms with E-state index in [2.05, 4.69) is 10.2 Å². The molecule has 0 saturated heterocycles. The Morgan fingerprint density at radius 3 is 2.40 bits per heavy atom. The molecular formula is C12H12N2O. The maximum atomic E-state index is 11.1. The number of ketones is 1. The van der Waals surface area contributed by atoms with Crippen LogP contribution < -0.4 is 0 Å². The van der Waals surface area contributed by atoms with Crippen LogP contribution in [0.15, 0.2) is 30.5 Å². The number of nitrogens with one attached hydrogen (secondary N) is 1. The van der Waals surface area contributed by atoms with Gasteiger partial charge in [0.2, 0.25) is 0 Å². The summed E-state index contributed by atoms with van der Waals surface area (Å²) >= 11 is 0. The first-order chi connectivity index (χ1) is 7.18. The van der Waals surface area contributed by atoms with Gasteiger partial charge in [-0.25, -0.2) is 0 Å². The van der Waals surface area contributed by atoms with Crippen LogP contribution in [0.25, 0.3) is 11.3 Å². The van der Waals surface area contributed by atoms with Gasteiger partial charge in [0.25, 0.3) is 0 Å². The molecule has 3 nitrogen and oxygen atoms in total. The van der Waals surface area contributed by atoms with Crippen LogP contribution in [0.1, 0.15) is 22.8 Å². The average Bonchev–Trinajstić information content (AvgIpc) is 2.65. The fourth-order valence-corrected chi connectivity index (χ4v) is 1.51. The topological polar surface area (TPSA) is 45.8 Å². The van der Waals surface area contributed by atoms with Crippen molar-refractivity contribution in [3.8, 4) is 11.3 Å². The van der Waals surface area contributed by atoms with E-state index in [0.29, 0.717) is 0 Å². The second kappa shape index (κ2) is 3.69. The Morgan fingerprint density at radius 1 is 1.27 bits per heavy atom. The van der Waals surface area contributed by atoms with Crippen LogP contribution in [-0.2, 0) is 0 Å². The van der Waals surface area contributed by atoms with Gasteiger partial charge in [-0.2, -0.15) is 5.10 Å². The van der Waals surface area contributed by atoms with E-state index in [0.717, 1.165) is 22.4 Å². The molecule has 0 atom stereocenters. The molecule has 15 heavy (non-hydrogen) atoms. The second-order valence-electron chi connectivity index (χ2n) is 3.56. The molecule has 0 unspecified atom stereocenters. The summed E-state index contributed by atoms with van der Waals surface area (Å²) in [5.41, 5.74) is 3.89. The fourth-order valence-electron chi connectivity index (χ4n) is 1.51. The lowest BCUT2D eigenvalue weighted by atomic mass is 10.1. The summed E-state index contributed by atoms with van der Waals surface area (Å²) in [6.45, 7) is 3.56. The van der Waals surface area contributed by atoms with Gasteiger partial charge in [-0.05, 0) is 25.0 Å². The molecular weight excluding hydrogens is 188 g/mol. The predicted molar refractivity (Wildman–Crippen MR) is 58.8 cm³/mol. The first-order valence-electron chi connectivity index (χ1n) is 4.80. The number of aromatic nitrogens is 2. The minimum atomic E-state index is 0.0860. The Balaban J connectivity index is 2.40. The number of carbonyl (C=O) groups excluding carboxylic acids is 1. The van der Waals surface area contributed by atoms with Crippen LogP contribution in [-0.4, -0.2) is 16.0 Å². The highest BCUT2D eigenvalue weighted by Gasteiger charge is 2.04. The first-order valence-corrected chi connectivity index (χ1v) is 4.80. The van der Waals surface area contributed by atoms with Crippen molar-refractivity contribution in [1.29, 1.82) is 0 Å². The number of nitrogens with zero attached hydrogens (tertiary/aromatic N) is 1. The minimum Gasteiger partial charge on any atom is -0.295 e. The van der Waals surface area contributed by atoms with Crippen molar-refractivity contribution >= 4 is 5.78 Å². The van der Waals surface area contributed by atoms with E-state index in [-0.39, 0.29) is 5.78 Å². The molecule has 0 aliphatic rings. The lowest BCUT2D eigenvalue weighted by molar-refractivity contribution is 0.101. The number of Topliss-reactive ketones (excluding diaryl/α,β-unsaturated/α-hetero) is 1. The van der Waals surface area contributed by atoms with Crippen molar-refractivity contribution in [2.75, 3.05) is 0 Å². The van der Waals surface area contributed by atoms with E-state index >= 15 is 0 Å². The normalized spacial score (nSPS) is 10.3. The average molecular weight is 200 g/mol. The first kappa shape index (κ1) is 9.65. The molecule has 0 spiro atoms. The molecule has 3 heteroatoms. The Kier molecular flexibility index (Phi) is 2.37. The molecule has 0 aliphatic carbocycles. The Morgan fingerprint density at radius 2 is 1.93 bits per heavy atom. The summed E-state index contributed by atoms with van der Waals surface area (Å²) in [7, 11) is 0. The van der Waals surface area contributed by atoms with Gasteiger partial charge < -0.3 is 0 Å². The molecule has 1 aromatic heterocycles. The number of aryl methyl sites for hydroxylation is 1. The van der Waals surface area contributed by atoms with E-state index in [1.165, 1.54) is 0 Å². The van der Waals surface area contributed by atoms with E-state index in [1.807, 2.05) is 31.2 Å². The highest BCUT2D eigenvalue weighted by atomic mass is 16.1. The monoisotopic (exact) mass is 200 g/mol. The Bertz CT molecular complexity index is 483. The zero-order valence-electron chi connectivity index (χ0n) is 8.74. The number of aromatic amines is 1. The highest BCUT2D eigenvalue weighted by molar-refractivity contribution is 5.94. The molecule has 2 rings (SSSR count). The summed E-state index contributed by atoms with van der Waals surface area (Å²) in [5, 5.41) is 6.90. The zero-order chi connectivity index (χ0) is 10.8. The highest BCUT2D eigenvalue weighted by Crippen LogP contribution is 2.20. The van der Waals surface area contributed by atoms with Crippen LogP contribution >= 0.6 is 0 Å². The van der Waals surface area contributed by atoms with Crippen molar-refractivity contribution in [1.82, 2.24) is 10.2 Å². The van der Waals surface area contributed by atoms with Crippen LogP contribution in [0.5, 0.6) is 0 Å². The second-order valence-corrected chi connectivity index (χ2v) is 3.56. The van der Waals surface area contributed by atoms with E-state index in [9.17, 15) is 4.79 Å². The van der Waals surface area contributed by atoms with Gasteiger partial charge in [-0.1, -0.05) is 24.3 Å². The summed E-state index contributed by atoms with van der Waals surface area (Å²) in [6.07, 6.45) is 1.79. The van der Waals surface area contributed by atoms with Crippen LogP contribution in [0.3, 0.4) is 0 Å². The van der Waals surface area contributed by atoms with Crippen LogP contribution in [0.4, 0.5) is 0 Å². The molecule has 76 valence electrons. The Hall–Kier alpha value is -1.90. The molecule has 2 aromatic rings. The molecule has 1 aromatic carbocycles. The van der Waals surface area contributed by atoms with Gasteiger partial charge >= 0.3 is 0 Å². The van der Waals surface area contributed by atoms with Gasteiger partial charge in [0.05, 0.1) is 11.9 Å². The van der Waals surface area contributed by atoms with Crippen molar-refractivity contribution in [2.24, 2.45) is 0 Å². The maximum absolute atomic E-state index is 11.1. The number of benzene rings is 1. The molecule has 0 amide bonds. The lowest BCUT2D eigenvalue weighted by Crippen LogP contribution is -1.91. The molecule has 0 aliphatic heterocycles. The van der Waals surface area contributed by atoms with Crippen molar-refractivity contribution in [2.45, 2.75) is 13.8 Å². The van der Waals surface area contributed by atoms with E-state index in [4.69, 9.17) is 0 Å². The molecule has 1 N–H and O–H groups in total. The number of hydrogen-bond acceptors (Lipinski definition) is 2. The molecule has 1 heterocycles. The number of H-pyrrole nitrogens is 1. The van der Waals surface area contributed by atoms with E-state index < -0.39 is 0 Å². The van der Waals surface area contributed by atoms with Gasteiger partial charge in [0.1, 0.15) is 0 Å². The number of carbonyl (C=O) groups is 1. The van der Waals surface area contributed by atoms with Crippen LogP contribution in [0.2, 0.25) is 0 Å². The third-order valence-corrected chi connectivity index (χ3v) is 2.41. The van der Waals surface area contributed by atoms with E-state index in [1.54, 1.807) is 13.1 Å². The van der Waals surface area contributed by atoms with Crippen molar-refractivity contribution in [3.63, 3.8) is 0 Å². The summed E-state index contributed by atoms with van der Waals surface area (Å²) in [5.74, 6) is 0.0860. The summed E-state index contributed by atoms with van der Waals surface area (Å²) < 4.78 is 0. The number of rotatable bonds is 2. The summed E-state index contributed by atoms with van der Waals surface area (Å²) in [4.78, 5) is 11.1. The van der Waals surface area contributed by atoms with Crippen molar-refractivity contribution < 1.29 is 4.79 Å². The quantitative estimate of drug-likeness (QED) is 0.757. The minimum absolute atomic E-state index is 0.0860. The smallest absolute Gasteiger partial charge is 0.159 e. The lowest BCUT2D eigenvalue weighted by Gasteiger charge is -2.00.